The minimum Gasteiger partial charge on any atom is -0.492 e. The van der Waals surface area contributed by atoms with Gasteiger partial charge in [0.15, 0.2) is 0 Å². The first-order valence-corrected chi connectivity index (χ1v) is 9.53. The Kier molecular flexibility index (Phi) is 6.53. The molecule has 0 unspecified atom stereocenters. The third-order valence-corrected chi connectivity index (χ3v) is 5.12. The van der Waals surface area contributed by atoms with Gasteiger partial charge in [0.05, 0.1) is 12.3 Å². The normalized spacial score (nSPS) is 15.6. The van der Waals surface area contributed by atoms with Gasteiger partial charge in [-0.05, 0) is 56.6 Å². The Balaban J connectivity index is 1.53. The molecule has 2 aromatic rings. The maximum absolute atomic E-state index is 12.6. The first kappa shape index (κ1) is 18.7. The van der Waals surface area contributed by atoms with Gasteiger partial charge in [-0.25, -0.2) is 0 Å². The number of hydrogen-bond donors (Lipinski definition) is 1. The summed E-state index contributed by atoms with van der Waals surface area (Å²) in [4.78, 5) is 15.0. The molecule has 1 aliphatic rings. The highest BCUT2D eigenvalue weighted by Crippen LogP contribution is 2.27. The fraction of sp³-hybridized carbons (Fsp3) is 0.381. The zero-order chi connectivity index (χ0) is 18.4. The third kappa shape index (κ3) is 4.77. The average Bonchev–Trinajstić information content (AvgIpc) is 2.66. The second-order valence-corrected chi connectivity index (χ2v) is 6.97. The average molecular weight is 373 g/mol. The second-order valence-electron chi connectivity index (χ2n) is 6.56. The monoisotopic (exact) mass is 372 g/mol. The summed E-state index contributed by atoms with van der Waals surface area (Å²) in [6.07, 6.45) is 1.71. The first-order valence-electron chi connectivity index (χ1n) is 9.16. The number of nitrogens with one attached hydrogen (secondary N) is 1. The van der Waals surface area contributed by atoms with Crippen molar-refractivity contribution in [3.63, 3.8) is 0 Å². The molecule has 0 radical (unpaired) electrons. The Labute approximate surface area is 160 Å². The molecule has 1 aliphatic heterocycles. The predicted molar refractivity (Wildman–Crippen MR) is 106 cm³/mol. The molecule has 2 aromatic carbocycles. The molecule has 1 heterocycles. The minimum atomic E-state index is 0.0344. The molecule has 0 spiro atoms. The summed E-state index contributed by atoms with van der Waals surface area (Å²) in [5, 5.41) is 3.84. The van der Waals surface area contributed by atoms with Crippen molar-refractivity contribution in [2.75, 3.05) is 25.0 Å². The molecule has 4 nitrogen and oxygen atoms in total. The number of carbonyl (C=O) groups excluding carboxylic acids is 1. The summed E-state index contributed by atoms with van der Waals surface area (Å²) in [5.41, 5.74) is 1.89. The molecule has 138 valence electrons. The first-order chi connectivity index (χ1) is 12.7. The van der Waals surface area contributed by atoms with Crippen LogP contribution < -0.4 is 10.1 Å². The Hall–Kier alpha value is -2.04. The summed E-state index contributed by atoms with van der Waals surface area (Å²) in [5.74, 6) is 0.834. The Bertz CT molecular complexity index is 742. The molecule has 0 aromatic heterocycles. The van der Waals surface area contributed by atoms with Crippen LogP contribution in [-0.4, -0.2) is 30.5 Å². The van der Waals surface area contributed by atoms with E-state index in [1.807, 2.05) is 49.4 Å². The summed E-state index contributed by atoms with van der Waals surface area (Å²) in [6.45, 7) is 5.15. The van der Waals surface area contributed by atoms with Crippen LogP contribution >= 0.6 is 11.6 Å². The van der Waals surface area contributed by atoms with Gasteiger partial charge in [-0.2, -0.15) is 0 Å². The number of benzene rings is 2. The van der Waals surface area contributed by atoms with E-state index in [1.54, 1.807) is 0 Å². The van der Waals surface area contributed by atoms with Crippen molar-refractivity contribution in [3.05, 3.63) is 59.1 Å². The van der Waals surface area contributed by atoms with Gasteiger partial charge in [-0.3, -0.25) is 9.69 Å². The van der Waals surface area contributed by atoms with Crippen molar-refractivity contribution < 1.29 is 9.53 Å². The van der Waals surface area contributed by atoms with Crippen LogP contribution in [0.3, 0.4) is 0 Å². The lowest BCUT2D eigenvalue weighted by atomic mass is 9.95. The van der Waals surface area contributed by atoms with Gasteiger partial charge >= 0.3 is 0 Å². The van der Waals surface area contributed by atoms with Crippen molar-refractivity contribution in [3.8, 4) is 5.75 Å². The standard InChI is InChI=1S/C21H25ClN2O2/c1-2-26-20-10-6-5-9-19(20)23-21(25)16-11-13-24(14-12-16)15-17-7-3-4-8-18(17)22/h3-10,16H,2,11-15H2,1H3,(H,23,25). The molecule has 1 N–H and O–H groups in total. The van der Waals surface area contributed by atoms with Crippen LogP contribution in [0.15, 0.2) is 48.5 Å². The van der Waals surface area contributed by atoms with E-state index in [-0.39, 0.29) is 11.8 Å². The topological polar surface area (TPSA) is 41.6 Å². The molecule has 0 aliphatic carbocycles. The van der Waals surface area contributed by atoms with E-state index in [4.69, 9.17) is 16.3 Å². The largest absolute Gasteiger partial charge is 0.492 e. The molecule has 5 heteroatoms. The predicted octanol–water partition coefficient (Wildman–Crippen LogP) is 4.59. The number of para-hydroxylation sites is 2. The molecular formula is C21H25ClN2O2. The van der Waals surface area contributed by atoms with Gasteiger partial charge in [0.25, 0.3) is 0 Å². The molecule has 0 saturated carbocycles. The van der Waals surface area contributed by atoms with Crippen LogP contribution in [-0.2, 0) is 11.3 Å². The van der Waals surface area contributed by atoms with Gasteiger partial charge in [0, 0.05) is 17.5 Å². The van der Waals surface area contributed by atoms with E-state index in [9.17, 15) is 4.79 Å². The van der Waals surface area contributed by atoms with Crippen molar-refractivity contribution >= 4 is 23.2 Å². The highest BCUT2D eigenvalue weighted by atomic mass is 35.5. The van der Waals surface area contributed by atoms with E-state index in [2.05, 4.69) is 16.3 Å². The lowest BCUT2D eigenvalue weighted by Crippen LogP contribution is -2.37. The molecule has 3 rings (SSSR count). The van der Waals surface area contributed by atoms with Crippen LogP contribution in [0.2, 0.25) is 5.02 Å². The number of ether oxygens (including phenoxy) is 1. The quantitative estimate of drug-likeness (QED) is 0.806. The fourth-order valence-electron chi connectivity index (χ4n) is 3.31. The Morgan fingerprint density at radius 2 is 1.85 bits per heavy atom. The van der Waals surface area contributed by atoms with Crippen molar-refractivity contribution in [2.45, 2.75) is 26.3 Å². The van der Waals surface area contributed by atoms with E-state index >= 15 is 0 Å². The molecule has 26 heavy (non-hydrogen) atoms. The molecule has 1 amide bonds. The molecule has 1 saturated heterocycles. The SMILES string of the molecule is CCOc1ccccc1NC(=O)C1CCN(Cc2ccccc2Cl)CC1. The number of likely N-dealkylation sites (tertiary alicyclic amines) is 1. The number of piperidine rings is 1. The summed E-state index contributed by atoms with van der Waals surface area (Å²) in [7, 11) is 0. The lowest BCUT2D eigenvalue weighted by molar-refractivity contribution is -0.121. The number of carbonyl (C=O) groups is 1. The number of nitrogens with zero attached hydrogens (tertiary/aromatic N) is 1. The molecule has 0 bridgehead atoms. The van der Waals surface area contributed by atoms with E-state index in [0.29, 0.717) is 6.61 Å². The van der Waals surface area contributed by atoms with E-state index in [1.165, 1.54) is 0 Å². The molecule has 0 atom stereocenters. The lowest BCUT2D eigenvalue weighted by Gasteiger charge is -2.31. The maximum Gasteiger partial charge on any atom is 0.227 e. The maximum atomic E-state index is 12.6. The van der Waals surface area contributed by atoms with Crippen LogP contribution in [0, 0.1) is 5.92 Å². The van der Waals surface area contributed by atoms with Crippen molar-refractivity contribution in [1.29, 1.82) is 0 Å². The Morgan fingerprint density at radius 1 is 1.15 bits per heavy atom. The fourth-order valence-corrected chi connectivity index (χ4v) is 3.50. The van der Waals surface area contributed by atoms with Gasteiger partial charge in [0.1, 0.15) is 5.75 Å². The summed E-state index contributed by atoms with van der Waals surface area (Å²) < 4.78 is 5.58. The number of hydrogen-bond acceptors (Lipinski definition) is 3. The second kappa shape index (κ2) is 9.06. The van der Waals surface area contributed by atoms with Crippen LogP contribution in [0.5, 0.6) is 5.75 Å². The number of anilines is 1. The van der Waals surface area contributed by atoms with E-state index in [0.717, 1.165) is 54.5 Å². The van der Waals surface area contributed by atoms with Gasteiger partial charge in [-0.15, -0.1) is 0 Å². The van der Waals surface area contributed by atoms with Gasteiger partial charge in [0.2, 0.25) is 5.91 Å². The number of halogens is 1. The molecular weight excluding hydrogens is 348 g/mol. The van der Waals surface area contributed by atoms with Gasteiger partial charge < -0.3 is 10.1 Å². The highest BCUT2D eigenvalue weighted by molar-refractivity contribution is 6.31. The van der Waals surface area contributed by atoms with Crippen molar-refractivity contribution in [2.24, 2.45) is 5.92 Å². The third-order valence-electron chi connectivity index (χ3n) is 4.75. The minimum absolute atomic E-state index is 0.0344. The van der Waals surface area contributed by atoms with Crippen LogP contribution in [0.1, 0.15) is 25.3 Å². The van der Waals surface area contributed by atoms with Crippen molar-refractivity contribution in [1.82, 2.24) is 4.90 Å². The van der Waals surface area contributed by atoms with Gasteiger partial charge in [-0.1, -0.05) is 41.9 Å². The summed E-state index contributed by atoms with van der Waals surface area (Å²) in [6, 6.07) is 15.5. The zero-order valence-corrected chi connectivity index (χ0v) is 15.8. The van der Waals surface area contributed by atoms with E-state index < -0.39 is 0 Å². The van der Waals surface area contributed by atoms with Crippen LogP contribution in [0.4, 0.5) is 5.69 Å². The smallest absolute Gasteiger partial charge is 0.227 e. The van der Waals surface area contributed by atoms with Crippen LogP contribution in [0.25, 0.3) is 0 Å². The number of amides is 1. The number of rotatable bonds is 6. The highest BCUT2D eigenvalue weighted by Gasteiger charge is 2.25. The Morgan fingerprint density at radius 3 is 2.58 bits per heavy atom. The summed E-state index contributed by atoms with van der Waals surface area (Å²) >= 11 is 6.25. The zero-order valence-electron chi connectivity index (χ0n) is 15.1. The molecule has 1 fully saturated rings.